The number of benzene rings is 4. The summed E-state index contributed by atoms with van der Waals surface area (Å²) < 4.78 is 5.23. The number of nitrogens with one attached hydrogen (secondary N) is 3. The molecular formula is C40H34N4O4S2. The maximum Gasteiger partial charge on any atom is 0.272 e. The molecule has 1 aliphatic carbocycles. The summed E-state index contributed by atoms with van der Waals surface area (Å²) in [6.45, 7) is 0. The van der Waals surface area contributed by atoms with Crippen molar-refractivity contribution in [1.29, 1.82) is 5.26 Å². The molecule has 0 saturated carbocycles. The second kappa shape index (κ2) is 16.2. The zero-order valence-electron chi connectivity index (χ0n) is 27.3. The van der Waals surface area contributed by atoms with E-state index in [-0.39, 0.29) is 17.4 Å². The summed E-state index contributed by atoms with van der Waals surface area (Å²) in [7, 11) is 1.57. The van der Waals surface area contributed by atoms with Crippen LogP contribution >= 0.6 is 23.1 Å². The van der Waals surface area contributed by atoms with E-state index in [9.17, 15) is 19.6 Å². The van der Waals surface area contributed by atoms with Gasteiger partial charge in [-0.15, -0.1) is 23.1 Å². The molecule has 5 aromatic rings. The summed E-state index contributed by atoms with van der Waals surface area (Å²) >= 11 is 2.82. The largest absolute Gasteiger partial charge is 0.497 e. The third-order valence-corrected chi connectivity index (χ3v) is 10.5. The monoisotopic (exact) mass is 698 g/mol. The first-order chi connectivity index (χ1) is 24.4. The third kappa shape index (κ3) is 8.50. The molecule has 0 fully saturated rings. The van der Waals surface area contributed by atoms with Crippen LogP contribution in [0.25, 0.3) is 6.08 Å². The van der Waals surface area contributed by atoms with E-state index in [2.05, 4.69) is 46.3 Å². The first-order valence-electron chi connectivity index (χ1n) is 16.1. The fraction of sp³-hybridized carbons (Fsp3) is 0.150. The molecule has 250 valence electrons. The van der Waals surface area contributed by atoms with Crippen LogP contribution in [0.3, 0.4) is 0 Å². The number of fused-ring (bicyclic) bond motifs is 1. The molecule has 0 saturated heterocycles. The Balaban J connectivity index is 1.10. The number of thioether (sulfide) groups is 1. The van der Waals surface area contributed by atoms with Gasteiger partial charge in [-0.05, 0) is 90.4 Å². The van der Waals surface area contributed by atoms with Crippen molar-refractivity contribution in [2.24, 2.45) is 0 Å². The Morgan fingerprint density at radius 2 is 1.68 bits per heavy atom. The molecule has 50 heavy (non-hydrogen) atoms. The number of nitriles is 1. The second-order valence-corrected chi connectivity index (χ2v) is 13.8. The lowest BCUT2D eigenvalue weighted by atomic mass is 9.83. The Hall–Kier alpha value is -5.63. The standard InChI is InChI=1S/C40H34N4O4S2/c1-48-31-18-15-26(16-19-31)21-35(43-38(46)28-11-6-3-7-12-28)39(47)42-30-13-8-14-32(23-30)49-25-37(45)44-40-34(24-41)33-20-17-29(22-36(33)50-40)27-9-4-2-5-10-27/h2-16,18-19,21,23,29H,17,20,22,25H2,1H3,(H,42,47)(H,43,46)(H,44,45)/b35-21+. The lowest BCUT2D eigenvalue weighted by Gasteiger charge is -2.22. The highest BCUT2D eigenvalue weighted by atomic mass is 32.2. The minimum atomic E-state index is -0.509. The van der Waals surface area contributed by atoms with Gasteiger partial charge in [0.25, 0.3) is 11.8 Å². The Morgan fingerprint density at radius 1 is 0.940 bits per heavy atom. The number of anilines is 2. The normalized spacial score (nSPS) is 13.8. The number of hydrogen-bond acceptors (Lipinski definition) is 7. The molecule has 3 amide bonds. The fourth-order valence-corrected chi connectivity index (χ4v) is 7.83. The molecular weight excluding hydrogens is 665 g/mol. The molecule has 0 bridgehead atoms. The van der Waals surface area contributed by atoms with Gasteiger partial charge in [-0.2, -0.15) is 5.26 Å². The molecule has 0 radical (unpaired) electrons. The summed E-state index contributed by atoms with van der Waals surface area (Å²) in [5.41, 5.74) is 4.59. The number of carbonyl (C=O) groups is 3. The number of ether oxygens (including phenoxy) is 1. The second-order valence-electron chi connectivity index (χ2n) is 11.6. The molecule has 3 N–H and O–H groups in total. The van der Waals surface area contributed by atoms with E-state index in [1.165, 1.54) is 28.7 Å². The average Bonchev–Trinajstić information content (AvgIpc) is 3.50. The minimum absolute atomic E-state index is 0.0588. The summed E-state index contributed by atoms with van der Waals surface area (Å²) in [6, 6.07) is 35.7. The van der Waals surface area contributed by atoms with Crippen LogP contribution < -0.4 is 20.7 Å². The van der Waals surface area contributed by atoms with Crippen LogP contribution in [0.15, 0.2) is 120 Å². The Morgan fingerprint density at radius 3 is 2.40 bits per heavy atom. The molecule has 0 aliphatic heterocycles. The number of carbonyl (C=O) groups excluding carboxylic acids is 3. The summed E-state index contributed by atoms with van der Waals surface area (Å²) in [4.78, 5) is 41.5. The highest BCUT2D eigenvalue weighted by molar-refractivity contribution is 8.00. The predicted molar refractivity (Wildman–Crippen MR) is 200 cm³/mol. The van der Waals surface area contributed by atoms with Crippen molar-refractivity contribution >= 4 is 57.6 Å². The number of rotatable bonds is 11. The van der Waals surface area contributed by atoms with E-state index in [1.54, 1.807) is 79.9 Å². The van der Waals surface area contributed by atoms with Crippen LogP contribution in [0.5, 0.6) is 5.75 Å². The molecule has 0 spiro atoms. The van der Waals surface area contributed by atoms with Crippen LogP contribution in [0.1, 0.15) is 49.8 Å². The lowest BCUT2D eigenvalue weighted by Crippen LogP contribution is -2.30. The number of amides is 3. The van der Waals surface area contributed by atoms with Gasteiger partial charge in [0, 0.05) is 21.0 Å². The SMILES string of the molecule is COc1ccc(/C=C(/NC(=O)c2ccccc2)C(=O)Nc2cccc(SCC(=O)Nc3sc4c(c3C#N)CCC(c3ccccc3)C4)c2)cc1. The van der Waals surface area contributed by atoms with E-state index in [1.807, 2.05) is 18.2 Å². The van der Waals surface area contributed by atoms with Crippen LogP contribution in [0.2, 0.25) is 0 Å². The fourth-order valence-electron chi connectivity index (χ4n) is 5.78. The molecule has 1 atom stereocenters. The zero-order chi connectivity index (χ0) is 34.9. The number of nitrogens with zero attached hydrogens (tertiary/aromatic N) is 1. The van der Waals surface area contributed by atoms with Crippen LogP contribution in [-0.2, 0) is 22.4 Å². The minimum Gasteiger partial charge on any atom is -0.497 e. The third-order valence-electron chi connectivity index (χ3n) is 8.32. The van der Waals surface area contributed by atoms with Crippen molar-refractivity contribution < 1.29 is 19.1 Å². The first-order valence-corrected chi connectivity index (χ1v) is 17.9. The van der Waals surface area contributed by atoms with Crippen molar-refractivity contribution in [3.63, 3.8) is 0 Å². The first kappa shape index (κ1) is 34.2. The lowest BCUT2D eigenvalue weighted by molar-refractivity contribution is -0.114. The molecule has 4 aromatic carbocycles. The van der Waals surface area contributed by atoms with E-state index in [4.69, 9.17) is 4.74 Å². The maximum atomic E-state index is 13.5. The molecule has 1 aromatic heterocycles. The van der Waals surface area contributed by atoms with Gasteiger partial charge in [0.1, 0.15) is 22.5 Å². The smallest absolute Gasteiger partial charge is 0.272 e. The van der Waals surface area contributed by atoms with Crippen molar-refractivity contribution in [3.05, 3.63) is 148 Å². The van der Waals surface area contributed by atoms with Crippen molar-refractivity contribution in [3.8, 4) is 11.8 Å². The maximum absolute atomic E-state index is 13.5. The van der Waals surface area contributed by atoms with Gasteiger partial charge in [-0.25, -0.2) is 0 Å². The summed E-state index contributed by atoms with van der Waals surface area (Å²) in [5.74, 6) is 0.0415. The van der Waals surface area contributed by atoms with Gasteiger partial charge in [0.15, 0.2) is 0 Å². The van der Waals surface area contributed by atoms with E-state index >= 15 is 0 Å². The van der Waals surface area contributed by atoms with Gasteiger partial charge >= 0.3 is 0 Å². The van der Waals surface area contributed by atoms with Crippen LogP contribution in [0.4, 0.5) is 10.7 Å². The van der Waals surface area contributed by atoms with Gasteiger partial charge in [0.05, 0.1) is 18.4 Å². The molecule has 1 unspecified atom stereocenters. The highest BCUT2D eigenvalue weighted by Gasteiger charge is 2.27. The summed E-state index contributed by atoms with van der Waals surface area (Å²) in [6.07, 6.45) is 4.23. The number of thiophene rings is 1. The van der Waals surface area contributed by atoms with Gasteiger partial charge in [-0.3, -0.25) is 14.4 Å². The zero-order valence-corrected chi connectivity index (χ0v) is 28.9. The van der Waals surface area contributed by atoms with Gasteiger partial charge in [-0.1, -0.05) is 66.7 Å². The Kier molecular flexibility index (Phi) is 11.1. The van der Waals surface area contributed by atoms with E-state index < -0.39 is 11.8 Å². The van der Waals surface area contributed by atoms with Crippen LogP contribution in [0, 0.1) is 11.3 Å². The predicted octanol–water partition coefficient (Wildman–Crippen LogP) is 8.04. The molecule has 1 heterocycles. The molecule has 6 rings (SSSR count). The Bertz CT molecular complexity index is 2070. The van der Waals surface area contributed by atoms with Gasteiger partial charge < -0.3 is 20.7 Å². The number of methoxy groups -OCH3 is 1. The molecule has 10 heteroatoms. The van der Waals surface area contributed by atoms with Crippen LogP contribution in [-0.4, -0.2) is 30.6 Å². The van der Waals surface area contributed by atoms with E-state index in [0.717, 1.165) is 34.6 Å². The van der Waals surface area contributed by atoms with Crippen molar-refractivity contribution in [2.45, 2.75) is 30.1 Å². The molecule has 8 nitrogen and oxygen atoms in total. The average molecular weight is 699 g/mol. The van der Waals surface area contributed by atoms with Crippen molar-refractivity contribution in [1.82, 2.24) is 5.32 Å². The summed E-state index contributed by atoms with van der Waals surface area (Å²) in [5, 5.41) is 19.2. The topological polar surface area (TPSA) is 120 Å². The van der Waals surface area contributed by atoms with E-state index in [0.29, 0.717) is 39.0 Å². The Labute approximate surface area is 299 Å². The molecule has 1 aliphatic rings. The van der Waals surface area contributed by atoms with Crippen molar-refractivity contribution in [2.75, 3.05) is 23.5 Å². The van der Waals surface area contributed by atoms with Gasteiger partial charge in [0.2, 0.25) is 5.91 Å². The highest BCUT2D eigenvalue weighted by Crippen LogP contribution is 2.42. The quantitative estimate of drug-likeness (QED) is 0.0949. The number of hydrogen-bond donors (Lipinski definition) is 3.